The van der Waals surface area contributed by atoms with Gasteiger partial charge in [-0.05, 0) is 49.9 Å². The van der Waals surface area contributed by atoms with E-state index in [2.05, 4.69) is 30.8 Å². The summed E-state index contributed by atoms with van der Waals surface area (Å²) >= 11 is 0. The number of nitrogens with zero attached hydrogens (tertiary/aromatic N) is 5. The van der Waals surface area contributed by atoms with Crippen molar-refractivity contribution in [1.82, 2.24) is 19.9 Å². The number of pyridine rings is 1. The number of aromatic nitrogens is 3. The highest BCUT2D eigenvalue weighted by molar-refractivity contribution is 5.73. The molecule has 2 fully saturated rings. The second-order valence-corrected chi connectivity index (χ2v) is 8.25. The maximum Gasteiger partial charge on any atom is 0.490 e. The molecule has 204 valence electrons. The van der Waals surface area contributed by atoms with Gasteiger partial charge in [0, 0.05) is 50.0 Å². The fourth-order valence-electron chi connectivity index (χ4n) is 4.10. The van der Waals surface area contributed by atoms with Crippen molar-refractivity contribution in [3.05, 3.63) is 48.5 Å². The minimum atomic E-state index is -5.08. The Bertz CT molecular complexity index is 976. The normalized spacial score (nSPS) is 17.3. The first kappa shape index (κ1) is 29.7. The van der Waals surface area contributed by atoms with Crippen LogP contribution in [0.2, 0.25) is 0 Å². The van der Waals surface area contributed by atoms with Gasteiger partial charge in [-0.1, -0.05) is 6.07 Å². The van der Waals surface area contributed by atoms with Crippen LogP contribution in [0.15, 0.2) is 43.0 Å². The maximum absolute atomic E-state index is 10.6. The van der Waals surface area contributed by atoms with Gasteiger partial charge in [-0.2, -0.15) is 26.3 Å². The Morgan fingerprint density at radius 3 is 1.86 bits per heavy atom. The Morgan fingerprint density at radius 2 is 1.41 bits per heavy atom. The summed E-state index contributed by atoms with van der Waals surface area (Å²) < 4.78 is 63.5. The fourth-order valence-corrected chi connectivity index (χ4v) is 4.10. The Balaban J connectivity index is 0.000000286. The van der Waals surface area contributed by atoms with Crippen LogP contribution in [0.1, 0.15) is 31.2 Å². The highest BCUT2D eigenvalue weighted by atomic mass is 19.4. The monoisotopic (exact) mass is 537 g/mol. The van der Waals surface area contributed by atoms with Crippen LogP contribution >= 0.6 is 0 Å². The molecule has 0 bridgehead atoms. The topological polar surface area (TPSA) is 120 Å². The molecule has 2 aromatic rings. The number of carbonyl (C=O) groups is 2. The molecule has 0 amide bonds. The maximum atomic E-state index is 10.6. The predicted molar refractivity (Wildman–Crippen MR) is 117 cm³/mol. The lowest BCUT2D eigenvalue weighted by Gasteiger charge is -2.45. The molecule has 0 saturated carbocycles. The van der Waals surface area contributed by atoms with Gasteiger partial charge in [0.1, 0.15) is 0 Å². The minimum Gasteiger partial charge on any atom is -0.475 e. The molecule has 15 heteroatoms. The van der Waals surface area contributed by atoms with E-state index in [1.165, 1.54) is 37.8 Å². The molecule has 9 nitrogen and oxygen atoms in total. The number of anilines is 1. The van der Waals surface area contributed by atoms with Crippen LogP contribution in [-0.2, 0) is 16.1 Å². The van der Waals surface area contributed by atoms with E-state index >= 15 is 0 Å². The van der Waals surface area contributed by atoms with Crippen LogP contribution in [0.4, 0.5) is 32.3 Å². The molecule has 37 heavy (non-hydrogen) atoms. The van der Waals surface area contributed by atoms with Crippen molar-refractivity contribution in [1.29, 1.82) is 0 Å². The van der Waals surface area contributed by atoms with Crippen molar-refractivity contribution in [2.45, 2.75) is 50.1 Å². The molecule has 2 aromatic heterocycles. The number of carboxylic acid groups (broad SMARTS) is 2. The fraction of sp³-hybridized carbons (Fsp3) is 0.500. The summed E-state index contributed by atoms with van der Waals surface area (Å²) in [7, 11) is 0. The number of carboxylic acids is 2. The van der Waals surface area contributed by atoms with E-state index in [0.29, 0.717) is 5.54 Å². The number of piperidine rings is 1. The SMILES string of the molecule is O=C(O)C(F)(F)F.O=C(O)C(F)(F)F.c1cnc(N2CCC3(CCCN3Cc3cccnc3)CC2)nc1. The number of alkyl halides is 6. The molecule has 1 spiro atoms. The molecule has 2 aliphatic heterocycles. The second kappa shape index (κ2) is 12.7. The average molecular weight is 537 g/mol. The van der Waals surface area contributed by atoms with E-state index in [4.69, 9.17) is 19.8 Å². The van der Waals surface area contributed by atoms with Crippen molar-refractivity contribution in [2.75, 3.05) is 24.5 Å². The highest BCUT2D eigenvalue weighted by Gasteiger charge is 2.43. The van der Waals surface area contributed by atoms with Gasteiger partial charge in [0.05, 0.1) is 0 Å². The Kier molecular flexibility index (Phi) is 10.2. The first-order valence-electron chi connectivity index (χ1n) is 11.0. The van der Waals surface area contributed by atoms with Crippen LogP contribution in [0.3, 0.4) is 0 Å². The van der Waals surface area contributed by atoms with Crippen LogP contribution in [0.5, 0.6) is 0 Å². The number of halogens is 6. The van der Waals surface area contributed by atoms with Gasteiger partial charge < -0.3 is 15.1 Å². The third kappa shape index (κ3) is 9.15. The van der Waals surface area contributed by atoms with Gasteiger partial charge in [0.25, 0.3) is 0 Å². The molecule has 2 N–H and O–H groups in total. The first-order valence-corrected chi connectivity index (χ1v) is 11.0. The molecule has 0 aromatic carbocycles. The third-order valence-electron chi connectivity index (χ3n) is 5.85. The van der Waals surface area contributed by atoms with Gasteiger partial charge in [0.15, 0.2) is 0 Å². The zero-order valence-corrected chi connectivity index (χ0v) is 19.4. The number of aliphatic carboxylic acids is 2. The smallest absolute Gasteiger partial charge is 0.475 e. The summed E-state index contributed by atoms with van der Waals surface area (Å²) in [6.45, 7) is 4.33. The molecule has 0 radical (unpaired) electrons. The Labute approximate surface area is 207 Å². The van der Waals surface area contributed by atoms with Gasteiger partial charge in [-0.3, -0.25) is 9.88 Å². The first-order chi connectivity index (χ1) is 17.2. The summed E-state index contributed by atoms with van der Waals surface area (Å²) in [5.74, 6) is -4.64. The number of rotatable bonds is 3. The molecular formula is C22H25F6N5O4. The lowest BCUT2D eigenvalue weighted by molar-refractivity contribution is -0.193. The highest BCUT2D eigenvalue weighted by Crippen LogP contribution is 2.39. The summed E-state index contributed by atoms with van der Waals surface area (Å²) in [6.07, 6.45) is 2.37. The van der Waals surface area contributed by atoms with E-state index < -0.39 is 24.3 Å². The average Bonchev–Trinajstić information content (AvgIpc) is 3.21. The second-order valence-electron chi connectivity index (χ2n) is 8.25. The van der Waals surface area contributed by atoms with E-state index in [9.17, 15) is 26.3 Å². The van der Waals surface area contributed by atoms with Crippen LogP contribution < -0.4 is 4.90 Å². The largest absolute Gasteiger partial charge is 0.490 e. The molecule has 2 aliphatic rings. The van der Waals surface area contributed by atoms with Gasteiger partial charge >= 0.3 is 24.3 Å². The predicted octanol–water partition coefficient (Wildman–Crippen LogP) is 3.77. The van der Waals surface area contributed by atoms with Crippen molar-refractivity contribution in [2.24, 2.45) is 0 Å². The molecule has 0 atom stereocenters. The van der Waals surface area contributed by atoms with Crippen LogP contribution in [-0.4, -0.2) is 79.5 Å². The minimum absolute atomic E-state index is 0.362. The zero-order chi connectivity index (χ0) is 27.7. The Hall–Kier alpha value is -3.49. The van der Waals surface area contributed by atoms with E-state index in [0.717, 1.165) is 25.6 Å². The van der Waals surface area contributed by atoms with E-state index in [1.54, 1.807) is 0 Å². The number of likely N-dealkylation sites (tertiary alicyclic amines) is 1. The molecule has 4 rings (SSSR count). The van der Waals surface area contributed by atoms with Gasteiger partial charge in [-0.15, -0.1) is 0 Å². The third-order valence-corrected chi connectivity index (χ3v) is 5.85. The standard InChI is InChI=1S/C18H23N5.2C2HF3O2/c1-4-16(14-19-8-1)15-23-11-2-5-18(23)6-12-22(13-7-18)17-20-9-3-10-21-17;2*3-2(4,5)1(6)7/h1,3-4,8-10,14H,2,5-7,11-13,15H2;2*(H,6,7). The molecule has 4 heterocycles. The van der Waals surface area contributed by atoms with Gasteiger partial charge in [-0.25, -0.2) is 19.6 Å². The Morgan fingerprint density at radius 1 is 0.865 bits per heavy atom. The zero-order valence-electron chi connectivity index (χ0n) is 19.4. The van der Waals surface area contributed by atoms with E-state index in [1.807, 2.05) is 36.9 Å². The van der Waals surface area contributed by atoms with Crippen molar-refractivity contribution in [3.8, 4) is 0 Å². The van der Waals surface area contributed by atoms with Crippen molar-refractivity contribution < 1.29 is 46.1 Å². The molecule has 0 aliphatic carbocycles. The summed E-state index contributed by atoms with van der Waals surface area (Å²) in [5, 5.41) is 14.2. The van der Waals surface area contributed by atoms with Crippen molar-refractivity contribution >= 4 is 17.9 Å². The summed E-state index contributed by atoms with van der Waals surface area (Å²) in [4.78, 5) is 35.9. The molecule has 0 unspecified atom stereocenters. The quantitative estimate of drug-likeness (QED) is 0.564. The van der Waals surface area contributed by atoms with E-state index in [-0.39, 0.29) is 0 Å². The summed E-state index contributed by atoms with van der Waals surface area (Å²) in [6, 6.07) is 6.10. The number of hydrogen-bond donors (Lipinski definition) is 2. The number of hydrogen-bond acceptors (Lipinski definition) is 7. The van der Waals surface area contributed by atoms with Gasteiger partial charge in [0.2, 0.25) is 5.95 Å². The lowest BCUT2D eigenvalue weighted by atomic mass is 9.85. The summed E-state index contributed by atoms with van der Waals surface area (Å²) in [5.41, 5.74) is 1.68. The lowest BCUT2D eigenvalue weighted by Crippen LogP contribution is -2.52. The molecular weight excluding hydrogens is 512 g/mol. The van der Waals surface area contributed by atoms with Crippen molar-refractivity contribution in [3.63, 3.8) is 0 Å². The molecule has 2 saturated heterocycles. The van der Waals surface area contributed by atoms with Crippen LogP contribution in [0.25, 0.3) is 0 Å². The van der Waals surface area contributed by atoms with Crippen LogP contribution in [0, 0.1) is 0 Å².